The molecule has 4 heterocycles. The van der Waals surface area contributed by atoms with Crippen molar-refractivity contribution in [2.24, 2.45) is 0 Å². The number of nitrogens with zero attached hydrogens (tertiary/aromatic N) is 4. The first kappa shape index (κ1) is 24.9. The Kier molecular flexibility index (Phi) is 5.83. The molecule has 3 aromatic rings. The van der Waals surface area contributed by atoms with Crippen LogP contribution >= 0.6 is 0 Å². The van der Waals surface area contributed by atoms with Gasteiger partial charge in [-0.05, 0) is 30.5 Å². The summed E-state index contributed by atoms with van der Waals surface area (Å²) in [5, 5.41) is 6.54. The lowest BCUT2D eigenvalue weighted by Gasteiger charge is -2.27. The van der Waals surface area contributed by atoms with E-state index in [-0.39, 0.29) is 29.9 Å². The number of carbonyl (C=O) groups is 1. The molecular weight excluding hydrogens is 502 g/mol. The second kappa shape index (κ2) is 8.67. The van der Waals surface area contributed by atoms with Crippen LogP contribution in [0.2, 0.25) is 0 Å². The van der Waals surface area contributed by atoms with Crippen molar-refractivity contribution in [3.63, 3.8) is 0 Å². The van der Waals surface area contributed by atoms with E-state index in [9.17, 15) is 31.1 Å². The Morgan fingerprint density at radius 1 is 1.05 bits per heavy atom. The van der Waals surface area contributed by atoms with Crippen LogP contribution in [-0.2, 0) is 18.1 Å². The molecule has 13 heteroatoms. The Balaban J connectivity index is 1.36. The Labute approximate surface area is 207 Å². The van der Waals surface area contributed by atoms with Gasteiger partial charge in [0.25, 0.3) is 0 Å². The van der Waals surface area contributed by atoms with Crippen LogP contribution in [0.4, 0.5) is 37.0 Å². The molecule has 2 aliphatic heterocycles. The van der Waals surface area contributed by atoms with E-state index in [0.717, 1.165) is 11.8 Å². The topological polar surface area (TPSA) is 89.1 Å². The van der Waals surface area contributed by atoms with Crippen LogP contribution in [0.15, 0.2) is 48.7 Å². The van der Waals surface area contributed by atoms with Gasteiger partial charge in [0.15, 0.2) is 6.04 Å². The number of anilines is 1. The van der Waals surface area contributed by atoms with E-state index in [4.69, 9.17) is 5.73 Å². The summed E-state index contributed by atoms with van der Waals surface area (Å²) in [4.78, 5) is 17.9. The van der Waals surface area contributed by atoms with Crippen molar-refractivity contribution in [3.05, 3.63) is 65.5 Å². The summed E-state index contributed by atoms with van der Waals surface area (Å²) in [7, 11) is 0. The van der Waals surface area contributed by atoms with Crippen molar-refractivity contribution in [1.29, 1.82) is 0 Å². The summed E-state index contributed by atoms with van der Waals surface area (Å²) in [6.07, 6.45) is -7.05. The van der Waals surface area contributed by atoms with Crippen LogP contribution in [0.25, 0.3) is 11.3 Å². The van der Waals surface area contributed by atoms with E-state index in [0.29, 0.717) is 19.4 Å². The summed E-state index contributed by atoms with van der Waals surface area (Å²) in [5.74, 6) is -0.635. The van der Waals surface area contributed by atoms with E-state index in [1.165, 1.54) is 35.4 Å². The highest BCUT2D eigenvalue weighted by Gasteiger charge is 2.49. The molecule has 2 unspecified atom stereocenters. The van der Waals surface area contributed by atoms with E-state index in [1.54, 1.807) is 16.8 Å². The van der Waals surface area contributed by atoms with E-state index < -0.39 is 41.2 Å². The average Bonchev–Trinajstić information content (AvgIpc) is 3.53. The molecular formula is C24H22F6N6O. The van der Waals surface area contributed by atoms with E-state index in [2.05, 4.69) is 15.4 Å². The maximum absolute atomic E-state index is 13.7. The summed E-state index contributed by atoms with van der Waals surface area (Å²) in [6.45, 7) is 0.860. The minimum Gasteiger partial charge on any atom is -0.383 e. The Morgan fingerprint density at radius 2 is 1.76 bits per heavy atom. The van der Waals surface area contributed by atoms with Crippen LogP contribution in [0.3, 0.4) is 0 Å². The third-order valence-electron chi connectivity index (χ3n) is 7.01. The summed E-state index contributed by atoms with van der Waals surface area (Å²) < 4.78 is 82.6. The van der Waals surface area contributed by atoms with Crippen LogP contribution in [-0.4, -0.2) is 45.0 Å². The fourth-order valence-electron chi connectivity index (χ4n) is 5.12. The molecule has 0 aliphatic carbocycles. The van der Waals surface area contributed by atoms with Gasteiger partial charge in [0.05, 0.1) is 11.3 Å². The van der Waals surface area contributed by atoms with Crippen LogP contribution in [0, 0.1) is 0 Å². The van der Waals surface area contributed by atoms with Gasteiger partial charge in [0.2, 0.25) is 0 Å². The lowest BCUT2D eigenvalue weighted by atomic mass is 9.82. The largest absolute Gasteiger partial charge is 0.419 e. The normalized spacial score (nSPS) is 20.3. The Hall–Kier alpha value is -3.77. The maximum atomic E-state index is 13.7. The minimum absolute atomic E-state index is 0.0730. The minimum atomic E-state index is -4.68. The van der Waals surface area contributed by atoms with Gasteiger partial charge in [-0.2, -0.15) is 31.4 Å². The number of urea groups is 1. The second-order valence-electron chi connectivity index (χ2n) is 9.33. The van der Waals surface area contributed by atoms with Crippen LogP contribution in [0.5, 0.6) is 0 Å². The number of nitrogens with one attached hydrogen (secondary N) is 1. The molecule has 2 aromatic heterocycles. The predicted molar refractivity (Wildman–Crippen MR) is 121 cm³/mol. The summed E-state index contributed by atoms with van der Waals surface area (Å²) in [6, 6.07) is 6.69. The standard InChI is InChI=1S/C24H22F6N6O/c25-23(26,27)16-10-15(12-32-20(16)31)17-11-18-22(7-9-36(18)34-17)6-8-35(13-22)21(37)33-19(24(28,29)30)14-4-2-1-3-5-14/h1-5,10-12,19H,6-9,13H2,(H2,31,32)(H,33,37). The van der Waals surface area contributed by atoms with E-state index >= 15 is 0 Å². The number of nitrogen functional groups attached to an aromatic ring is 1. The van der Waals surface area contributed by atoms with Crippen LogP contribution < -0.4 is 11.1 Å². The molecule has 2 atom stereocenters. The number of carbonyl (C=O) groups excluding carboxylic acids is 1. The van der Waals surface area contributed by atoms with Gasteiger partial charge in [-0.25, -0.2) is 9.78 Å². The van der Waals surface area contributed by atoms with Gasteiger partial charge in [-0.1, -0.05) is 30.3 Å². The molecule has 196 valence electrons. The number of fused-ring (bicyclic) bond motifs is 2. The number of benzene rings is 1. The smallest absolute Gasteiger partial charge is 0.383 e. The van der Waals surface area contributed by atoms with E-state index in [1.807, 2.05) is 0 Å². The van der Waals surface area contributed by atoms with Crippen molar-refractivity contribution in [1.82, 2.24) is 25.0 Å². The number of amides is 2. The molecule has 2 amide bonds. The highest BCUT2D eigenvalue weighted by Crippen LogP contribution is 2.44. The van der Waals surface area contributed by atoms with Crippen molar-refractivity contribution in [2.45, 2.75) is 43.2 Å². The zero-order valence-electron chi connectivity index (χ0n) is 19.3. The number of pyridine rings is 1. The lowest BCUT2D eigenvalue weighted by Crippen LogP contribution is -2.45. The van der Waals surface area contributed by atoms with Crippen molar-refractivity contribution in [2.75, 3.05) is 18.8 Å². The molecule has 3 N–H and O–H groups in total. The molecule has 0 bridgehead atoms. The fourth-order valence-corrected chi connectivity index (χ4v) is 5.12. The molecule has 1 aromatic carbocycles. The SMILES string of the molecule is Nc1ncc(-c2cc3n(n2)CCC32CCN(C(=O)NC(c3ccccc3)C(F)(F)F)C2)cc1C(F)(F)F. The quantitative estimate of drug-likeness (QED) is 0.477. The number of hydrogen-bond acceptors (Lipinski definition) is 4. The summed E-state index contributed by atoms with van der Waals surface area (Å²) >= 11 is 0. The number of aromatic nitrogens is 3. The number of rotatable bonds is 3. The van der Waals surface area contributed by atoms with Gasteiger partial charge in [-0.15, -0.1) is 0 Å². The number of likely N-dealkylation sites (tertiary alicyclic amines) is 1. The number of alkyl halides is 6. The van der Waals surface area contributed by atoms with Gasteiger partial charge in [0, 0.05) is 42.5 Å². The molecule has 5 rings (SSSR count). The third-order valence-corrected chi connectivity index (χ3v) is 7.01. The van der Waals surface area contributed by atoms with Crippen molar-refractivity contribution < 1.29 is 31.1 Å². The van der Waals surface area contributed by atoms with Gasteiger partial charge < -0.3 is 16.0 Å². The molecule has 2 aliphatic rings. The average molecular weight is 524 g/mol. The number of aryl methyl sites for hydroxylation is 1. The molecule has 0 radical (unpaired) electrons. The molecule has 37 heavy (non-hydrogen) atoms. The van der Waals surface area contributed by atoms with Crippen molar-refractivity contribution in [3.8, 4) is 11.3 Å². The highest BCUT2D eigenvalue weighted by molar-refractivity contribution is 5.75. The zero-order valence-corrected chi connectivity index (χ0v) is 19.3. The molecule has 1 fully saturated rings. The molecule has 1 spiro atoms. The first-order valence-corrected chi connectivity index (χ1v) is 11.5. The summed E-state index contributed by atoms with van der Waals surface area (Å²) in [5.41, 5.74) is 4.84. The fraction of sp³-hybridized carbons (Fsp3) is 0.375. The Bertz CT molecular complexity index is 1320. The molecule has 1 saturated heterocycles. The second-order valence-corrected chi connectivity index (χ2v) is 9.33. The van der Waals surface area contributed by atoms with Gasteiger partial charge >= 0.3 is 18.4 Å². The van der Waals surface area contributed by atoms with Crippen LogP contribution in [0.1, 0.15) is 35.7 Å². The maximum Gasteiger partial charge on any atom is 0.419 e. The highest BCUT2D eigenvalue weighted by atomic mass is 19.4. The number of halogens is 6. The number of nitrogens with two attached hydrogens (primary N) is 1. The zero-order chi connectivity index (χ0) is 26.6. The first-order valence-electron chi connectivity index (χ1n) is 11.5. The first-order chi connectivity index (χ1) is 17.4. The predicted octanol–water partition coefficient (Wildman–Crippen LogP) is 4.91. The van der Waals surface area contributed by atoms with Gasteiger partial charge in [0.1, 0.15) is 5.82 Å². The number of hydrogen-bond donors (Lipinski definition) is 2. The lowest BCUT2D eigenvalue weighted by molar-refractivity contribution is -0.155. The molecule has 0 saturated carbocycles. The third kappa shape index (κ3) is 4.58. The van der Waals surface area contributed by atoms with Crippen molar-refractivity contribution >= 4 is 11.8 Å². The Morgan fingerprint density at radius 3 is 2.43 bits per heavy atom. The van der Waals surface area contributed by atoms with Gasteiger partial charge in [-0.3, -0.25) is 4.68 Å². The molecule has 7 nitrogen and oxygen atoms in total. The monoisotopic (exact) mass is 524 g/mol.